The number of nitrogens with zero attached hydrogens (tertiary/aromatic N) is 1. The summed E-state index contributed by atoms with van der Waals surface area (Å²) in [5, 5.41) is 3.68. The average molecular weight is 332 g/mol. The van der Waals surface area contributed by atoms with Gasteiger partial charge in [-0.1, -0.05) is 33.6 Å². The Balaban J connectivity index is 2.00. The maximum Gasteiger partial charge on any atom is 0.246 e. The lowest BCUT2D eigenvalue weighted by atomic mass is 10.2. The summed E-state index contributed by atoms with van der Waals surface area (Å²) >= 11 is 9.41. The van der Waals surface area contributed by atoms with Crippen molar-refractivity contribution in [2.45, 2.75) is 19.0 Å². The number of hydrogen-bond acceptors (Lipinski definition) is 3. The molecule has 0 radical (unpaired) electrons. The maximum atomic E-state index is 11.7. The lowest BCUT2D eigenvalue weighted by Crippen LogP contribution is -2.36. The summed E-state index contributed by atoms with van der Waals surface area (Å²) in [7, 11) is 1.50. The number of carbonyl (C=O) groups excluding carboxylic acids is 2. The number of benzene rings is 1. The topological polar surface area (TPSA) is 49.4 Å². The largest absolute Gasteiger partial charge is 0.301 e. The van der Waals surface area contributed by atoms with Crippen LogP contribution in [0.5, 0.6) is 0 Å². The minimum Gasteiger partial charge on any atom is -0.301 e. The number of likely N-dealkylation sites (N-methyl/N-ethyl adjacent to an activating group) is 1. The molecule has 1 fully saturated rings. The number of imide groups is 1. The van der Waals surface area contributed by atoms with E-state index < -0.39 is 6.04 Å². The quantitative estimate of drug-likeness (QED) is 0.861. The third-order valence-corrected chi connectivity index (χ3v) is 3.78. The SMILES string of the molecule is CN1C(=O)CC(NCc2ccc(Br)cc2Cl)C1=O. The van der Waals surface area contributed by atoms with Gasteiger partial charge in [0, 0.05) is 23.1 Å². The van der Waals surface area contributed by atoms with E-state index in [1.54, 1.807) is 6.07 Å². The molecule has 2 amide bonds. The Hall–Kier alpha value is -0.910. The molecule has 6 heteroatoms. The zero-order chi connectivity index (χ0) is 13.3. The molecule has 2 rings (SSSR count). The van der Waals surface area contributed by atoms with Gasteiger partial charge in [-0.3, -0.25) is 14.5 Å². The van der Waals surface area contributed by atoms with E-state index in [0.717, 1.165) is 14.9 Å². The van der Waals surface area contributed by atoms with Crippen molar-refractivity contribution in [2.24, 2.45) is 0 Å². The van der Waals surface area contributed by atoms with Gasteiger partial charge in [0.05, 0.1) is 12.5 Å². The van der Waals surface area contributed by atoms with E-state index in [9.17, 15) is 9.59 Å². The van der Waals surface area contributed by atoms with Crippen LogP contribution >= 0.6 is 27.5 Å². The Morgan fingerprint density at radius 3 is 2.78 bits per heavy atom. The molecule has 1 heterocycles. The highest BCUT2D eigenvalue weighted by atomic mass is 79.9. The van der Waals surface area contributed by atoms with Crippen LogP contribution in [0.1, 0.15) is 12.0 Å². The van der Waals surface area contributed by atoms with Crippen LogP contribution in [0.2, 0.25) is 5.02 Å². The predicted molar refractivity (Wildman–Crippen MR) is 72.2 cm³/mol. The Bertz CT molecular complexity index is 507. The summed E-state index contributed by atoms with van der Waals surface area (Å²) in [6, 6.07) is 5.12. The van der Waals surface area contributed by atoms with Gasteiger partial charge in [-0.25, -0.2) is 0 Å². The van der Waals surface area contributed by atoms with Gasteiger partial charge in [0.1, 0.15) is 0 Å². The van der Waals surface area contributed by atoms with E-state index in [2.05, 4.69) is 21.2 Å². The van der Waals surface area contributed by atoms with Gasteiger partial charge in [-0.2, -0.15) is 0 Å². The third kappa shape index (κ3) is 2.74. The van der Waals surface area contributed by atoms with Crippen molar-refractivity contribution >= 4 is 39.3 Å². The fourth-order valence-electron chi connectivity index (χ4n) is 1.81. The van der Waals surface area contributed by atoms with Crippen LogP contribution in [-0.2, 0) is 16.1 Å². The predicted octanol–water partition coefficient (Wildman–Crippen LogP) is 1.95. The van der Waals surface area contributed by atoms with E-state index in [1.165, 1.54) is 7.05 Å². The standard InChI is InChI=1S/C12H12BrClN2O2/c1-16-11(17)5-10(12(16)18)15-6-7-2-3-8(13)4-9(7)14/h2-4,10,15H,5-6H2,1H3. The van der Waals surface area contributed by atoms with Crippen LogP contribution in [0.4, 0.5) is 0 Å². The summed E-state index contributed by atoms with van der Waals surface area (Å²) in [5.74, 6) is -0.340. The van der Waals surface area contributed by atoms with E-state index in [-0.39, 0.29) is 18.2 Å². The van der Waals surface area contributed by atoms with Gasteiger partial charge in [-0.15, -0.1) is 0 Å². The summed E-state index contributed by atoms with van der Waals surface area (Å²) < 4.78 is 0.906. The highest BCUT2D eigenvalue weighted by Crippen LogP contribution is 2.21. The van der Waals surface area contributed by atoms with Crippen molar-refractivity contribution in [1.29, 1.82) is 0 Å². The molecule has 0 aromatic heterocycles. The van der Waals surface area contributed by atoms with Gasteiger partial charge >= 0.3 is 0 Å². The highest BCUT2D eigenvalue weighted by molar-refractivity contribution is 9.10. The molecule has 1 saturated heterocycles. The van der Waals surface area contributed by atoms with Gasteiger partial charge in [0.25, 0.3) is 0 Å². The molecule has 18 heavy (non-hydrogen) atoms. The molecule has 1 aliphatic heterocycles. The van der Waals surface area contributed by atoms with Gasteiger partial charge in [0.2, 0.25) is 11.8 Å². The van der Waals surface area contributed by atoms with Gasteiger partial charge < -0.3 is 5.32 Å². The normalized spacial score (nSPS) is 19.7. The number of halogens is 2. The zero-order valence-electron chi connectivity index (χ0n) is 9.74. The number of nitrogens with one attached hydrogen (secondary N) is 1. The first-order valence-corrected chi connectivity index (χ1v) is 6.64. The summed E-state index contributed by atoms with van der Waals surface area (Å²) in [6.07, 6.45) is 0.212. The molecule has 0 aliphatic carbocycles. The first-order chi connectivity index (χ1) is 8.49. The third-order valence-electron chi connectivity index (χ3n) is 2.94. The van der Waals surface area contributed by atoms with E-state index >= 15 is 0 Å². The fourth-order valence-corrected chi connectivity index (χ4v) is 2.55. The average Bonchev–Trinajstić information content (AvgIpc) is 2.56. The van der Waals surface area contributed by atoms with Crippen molar-refractivity contribution < 1.29 is 9.59 Å². The molecule has 1 aliphatic rings. The molecular formula is C12H12BrClN2O2. The molecule has 1 N–H and O–H groups in total. The molecule has 4 nitrogen and oxygen atoms in total. The van der Waals surface area contributed by atoms with Crippen LogP contribution in [0.3, 0.4) is 0 Å². The fraction of sp³-hybridized carbons (Fsp3) is 0.333. The number of hydrogen-bond donors (Lipinski definition) is 1. The maximum absolute atomic E-state index is 11.7. The van der Waals surface area contributed by atoms with Gasteiger partial charge in [-0.05, 0) is 17.7 Å². The van der Waals surface area contributed by atoms with Crippen molar-refractivity contribution in [3.8, 4) is 0 Å². The van der Waals surface area contributed by atoms with Crippen LogP contribution in [0.15, 0.2) is 22.7 Å². The van der Waals surface area contributed by atoms with Crippen LogP contribution in [0.25, 0.3) is 0 Å². The monoisotopic (exact) mass is 330 g/mol. The minimum absolute atomic E-state index is 0.153. The zero-order valence-corrected chi connectivity index (χ0v) is 12.1. The van der Waals surface area contributed by atoms with E-state index in [4.69, 9.17) is 11.6 Å². The van der Waals surface area contributed by atoms with Gasteiger partial charge in [0.15, 0.2) is 0 Å². The van der Waals surface area contributed by atoms with E-state index in [0.29, 0.717) is 11.6 Å². The second-order valence-electron chi connectivity index (χ2n) is 4.16. The highest BCUT2D eigenvalue weighted by Gasteiger charge is 2.35. The second kappa shape index (κ2) is 5.38. The molecule has 1 aromatic rings. The number of rotatable bonds is 3. The molecule has 96 valence electrons. The lowest BCUT2D eigenvalue weighted by molar-refractivity contribution is -0.137. The first kappa shape index (κ1) is 13.5. The van der Waals surface area contributed by atoms with Crippen LogP contribution in [0, 0.1) is 0 Å². The molecule has 0 bridgehead atoms. The molecule has 0 spiro atoms. The van der Waals surface area contributed by atoms with Crippen molar-refractivity contribution in [2.75, 3.05) is 7.05 Å². The first-order valence-electron chi connectivity index (χ1n) is 5.46. The number of likely N-dealkylation sites (tertiary alicyclic amines) is 1. The van der Waals surface area contributed by atoms with Crippen molar-refractivity contribution in [1.82, 2.24) is 10.2 Å². The van der Waals surface area contributed by atoms with Crippen molar-refractivity contribution in [3.63, 3.8) is 0 Å². The number of carbonyl (C=O) groups is 2. The second-order valence-corrected chi connectivity index (χ2v) is 5.49. The smallest absolute Gasteiger partial charge is 0.246 e. The molecule has 0 saturated carbocycles. The Kier molecular flexibility index (Phi) is 4.04. The van der Waals surface area contributed by atoms with Crippen LogP contribution in [-0.4, -0.2) is 29.8 Å². The molecule has 1 atom stereocenters. The summed E-state index contributed by atoms with van der Waals surface area (Å²) in [6.45, 7) is 0.462. The molecule has 1 unspecified atom stereocenters. The summed E-state index contributed by atoms with van der Waals surface area (Å²) in [5.41, 5.74) is 0.898. The molecule has 1 aromatic carbocycles. The Labute approximate surface area is 118 Å². The van der Waals surface area contributed by atoms with E-state index in [1.807, 2.05) is 12.1 Å². The van der Waals surface area contributed by atoms with Crippen molar-refractivity contribution in [3.05, 3.63) is 33.3 Å². The molecular weight excluding hydrogens is 320 g/mol. The lowest BCUT2D eigenvalue weighted by Gasteiger charge is -2.12. The van der Waals surface area contributed by atoms with Crippen LogP contribution < -0.4 is 5.32 Å². The summed E-state index contributed by atoms with van der Waals surface area (Å²) in [4.78, 5) is 24.2. The Morgan fingerprint density at radius 1 is 1.50 bits per heavy atom. The number of amides is 2. The Morgan fingerprint density at radius 2 is 2.22 bits per heavy atom. The minimum atomic E-state index is -0.442.